The summed E-state index contributed by atoms with van der Waals surface area (Å²) in [7, 11) is 0. The maximum absolute atomic E-state index is 4.52. The Kier molecular flexibility index (Phi) is 10.8. The maximum Gasteiger partial charge on any atom is 0.0345 e. The standard InChI is InChI=1S/C43H31N2.C12H8N.Au/c1-5-17-32(18-6-1)36-25-15-26-37(33-19-7-2-8-20-33)42(36)44-31-45(41-30-14-13-29-40(41)44)43-38(34-21-9-3-10-22-34)27-16-28-39(43)35-23-11-4-12-24-35;1-3-7-11-9(5-1)10-6-2-4-8-12(10)13-11;/h1-31H;1-8H;/q2*-1;. The topological polar surface area (TPSA) is 20.6 Å². The summed E-state index contributed by atoms with van der Waals surface area (Å²) in [6, 6.07) is 81.4. The summed E-state index contributed by atoms with van der Waals surface area (Å²) >= 11 is 0. The molecule has 1 aliphatic heterocycles. The van der Waals surface area contributed by atoms with Crippen LogP contribution < -0.4 is 14.8 Å². The molecule has 59 heavy (non-hydrogen) atoms. The summed E-state index contributed by atoms with van der Waals surface area (Å²) in [4.78, 5) is 9.29. The summed E-state index contributed by atoms with van der Waals surface area (Å²) in [5.41, 5.74) is 16.2. The molecule has 1 radical (unpaired) electrons. The normalized spacial score (nSPS) is 11.8. The van der Waals surface area contributed by atoms with Crippen LogP contribution in [0.15, 0.2) is 231 Å². The molecule has 0 bridgehead atoms. The largest absolute Gasteiger partial charge is 0.657 e. The van der Waals surface area contributed by atoms with Gasteiger partial charge in [0.15, 0.2) is 0 Å². The second kappa shape index (κ2) is 16.9. The first-order valence-electron chi connectivity index (χ1n) is 19.7. The predicted molar refractivity (Wildman–Crippen MR) is 244 cm³/mol. The van der Waals surface area contributed by atoms with Crippen LogP contribution in [-0.2, 0) is 22.4 Å². The second-order valence-electron chi connectivity index (χ2n) is 14.4. The first kappa shape index (κ1) is 37.7. The maximum atomic E-state index is 4.52. The van der Waals surface area contributed by atoms with Gasteiger partial charge in [-0.3, -0.25) is 0 Å². The average molecular weight is 939 g/mol. The monoisotopic (exact) mass is 938 g/mol. The van der Waals surface area contributed by atoms with E-state index in [2.05, 4.69) is 240 Å². The van der Waals surface area contributed by atoms with Crippen LogP contribution in [0.4, 0.5) is 22.7 Å². The average Bonchev–Trinajstić information content (AvgIpc) is 3.89. The van der Waals surface area contributed by atoms with Crippen molar-refractivity contribution in [3.05, 3.63) is 237 Å². The summed E-state index contributed by atoms with van der Waals surface area (Å²) in [5, 5.41) is 2.50. The zero-order valence-electron chi connectivity index (χ0n) is 32.2. The first-order chi connectivity index (χ1) is 28.8. The minimum absolute atomic E-state index is 0. The number of hydrogen-bond donors (Lipinski definition) is 0. The van der Waals surface area contributed by atoms with Crippen molar-refractivity contribution in [3.63, 3.8) is 0 Å². The number of fused-ring (bicyclic) bond motifs is 4. The Morgan fingerprint density at radius 2 is 0.576 bits per heavy atom. The molecule has 11 rings (SSSR count). The van der Waals surface area contributed by atoms with Crippen LogP contribution in [0.3, 0.4) is 0 Å². The van der Waals surface area contributed by atoms with Crippen LogP contribution in [0.5, 0.6) is 0 Å². The molecule has 0 amide bonds. The number of aromatic nitrogens is 1. The number of rotatable bonds is 6. The molecule has 0 fully saturated rings. The smallest absolute Gasteiger partial charge is 0.0345 e. The minimum atomic E-state index is 0. The Bertz CT molecular complexity index is 2660. The Morgan fingerprint density at radius 1 is 0.288 bits per heavy atom. The van der Waals surface area contributed by atoms with Gasteiger partial charge < -0.3 is 14.8 Å². The molecule has 1 aliphatic rings. The van der Waals surface area contributed by atoms with Crippen molar-refractivity contribution in [2.24, 2.45) is 0 Å². The van der Waals surface area contributed by atoms with Gasteiger partial charge in [-0.05, 0) is 45.2 Å². The minimum Gasteiger partial charge on any atom is -0.657 e. The van der Waals surface area contributed by atoms with Gasteiger partial charge in [0.05, 0.1) is 0 Å². The van der Waals surface area contributed by atoms with Crippen LogP contribution in [-0.4, -0.2) is 0 Å². The molecule has 1 aromatic heterocycles. The molecule has 0 spiro atoms. The van der Waals surface area contributed by atoms with Crippen molar-refractivity contribution in [1.29, 1.82) is 0 Å². The van der Waals surface area contributed by atoms with E-state index in [4.69, 9.17) is 0 Å². The van der Waals surface area contributed by atoms with E-state index in [1.165, 1.54) is 55.3 Å². The third-order valence-electron chi connectivity index (χ3n) is 10.9. The van der Waals surface area contributed by atoms with Gasteiger partial charge in [-0.25, -0.2) is 0 Å². The van der Waals surface area contributed by atoms with E-state index in [1.54, 1.807) is 0 Å². The van der Waals surface area contributed by atoms with E-state index >= 15 is 0 Å². The predicted octanol–water partition coefficient (Wildman–Crippen LogP) is 14.7. The third kappa shape index (κ3) is 7.28. The fourth-order valence-electron chi connectivity index (χ4n) is 8.20. The number of hydrogen-bond acceptors (Lipinski definition) is 2. The number of nitrogens with zero attached hydrogens (tertiary/aromatic N) is 3. The van der Waals surface area contributed by atoms with Crippen LogP contribution >= 0.6 is 0 Å². The fourth-order valence-corrected chi connectivity index (χ4v) is 8.20. The summed E-state index contributed by atoms with van der Waals surface area (Å²) in [5.74, 6) is 0. The van der Waals surface area contributed by atoms with Crippen molar-refractivity contribution in [1.82, 2.24) is 4.98 Å². The molecular weight excluding hydrogens is 900 g/mol. The molecule has 4 heteroatoms. The van der Waals surface area contributed by atoms with Gasteiger partial charge in [0, 0.05) is 67.4 Å². The summed E-state index contributed by atoms with van der Waals surface area (Å²) in [6.45, 7) is 2.28. The van der Waals surface area contributed by atoms with Gasteiger partial charge in [0.1, 0.15) is 0 Å². The fraction of sp³-hybridized carbons (Fsp3) is 0. The SMILES string of the molecule is [Au].c1ccc(-c2cccc(-c3ccccc3)c2N2[CH-]N(c3c(-c4ccccc4)cccc3-c3ccccc3)c3ccccc32)cc1.c1ccc2c(c1)[n-]c1ccccc12. The van der Waals surface area contributed by atoms with E-state index in [0.717, 1.165) is 33.8 Å². The van der Waals surface area contributed by atoms with Gasteiger partial charge in [-0.2, -0.15) is 0 Å². The molecule has 10 aromatic rings. The van der Waals surface area contributed by atoms with E-state index in [1.807, 2.05) is 12.1 Å². The molecule has 0 unspecified atom stereocenters. The zero-order chi connectivity index (χ0) is 38.7. The quantitative estimate of drug-likeness (QED) is 0.122. The van der Waals surface area contributed by atoms with Crippen molar-refractivity contribution < 1.29 is 22.4 Å². The first-order valence-corrected chi connectivity index (χ1v) is 19.7. The van der Waals surface area contributed by atoms with Crippen molar-refractivity contribution in [2.45, 2.75) is 0 Å². The van der Waals surface area contributed by atoms with Gasteiger partial charge in [0.2, 0.25) is 0 Å². The zero-order valence-corrected chi connectivity index (χ0v) is 34.3. The molecule has 0 N–H and O–H groups in total. The second-order valence-corrected chi connectivity index (χ2v) is 14.4. The summed E-state index contributed by atoms with van der Waals surface area (Å²) in [6.07, 6.45) is 0. The molecule has 9 aromatic carbocycles. The van der Waals surface area contributed by atoms with Gasteiger partial charge in [-0.1, -0.05) is 218 Å². The number of benzene rings is 9. The molecular formula is C55H39AuN3-2. The molecule has 0 aliphatic carbocycles. The number of anilines is 4. The van der Waals surface area contributed by atoms with Crippen LogP contribution in [0.2, 0.25) is 0 Å². The molecule has 0 saturated carbocycles. The van der Waals surface area contributed by atoms with Crippen molar-refractivity contribution in [2.75, 3.05) is 9.80 Å². The Balaban J connectivity index is 0.000000271. The van der Waals surface area contributed by atoms with Crippen LogP contribution in [0.1, 0.15) is 0 Å². The Labute approximate surface area is 361 Å². The molecule has 2 heterocycles. The Hall–Kier alpha value is -6.88. The van der Waals surface area contributed by atoms with Crippen molar-refractivity contribution in [3.8, 4) is 44.5 Å². The van der Waals surface area contributed by atoms with E-state index in [-0.39, 0.29) is 22.4 Å². The Morgan fingerprint density at radius 3 is 0.915 bits per heavy atom. The number of para-hydroxylation sites is 6. The third-order valence-corrected chi connectivity index (χ3v) is 10.9. The molecule has 0 atom stereocenters. The van der Waals surface area contributed by atoms with Crippen molar-refractivity contribution >= 4 is 44.6 Å². The van der Waals surface area contributed by atoms with Gasteiger partial charge >= 0.3 is 0 Å². The van der Waals surface area contributed by atoms with Crippen LogP contribution in [0, 0.1) is 6.67 Å². The molecule has 287 valence electrons. The van der Waals surface area contributed by atoms with E-state index in [0.29, 0.717) is 0 Å². The summed E-state index contributed by atoms with van der Waals surface area (Å²) < 4.78 is 0. The van der Waals surface area contributed by atoms with Gasteiger partial charge in [0.25, 0.3) is 0 Å². The van der Waals surface area contributed by atoms with Gasteiger partial charge in [-0.15, -0.1) is 17.7 Å². The van der Waals surface area contributed by atoms with E-state index in [9.17, 15) is 0 Å². The van der Waals surface area contributed by atoms with Crippen LogP contribution in [0.25, 0.3) is 66.3 Å². The molecule has 0 saturated heterocycles. The molecule has 3 nitrogen and oxygen atoms in total. The van der Waals surface area contributed by atoms with E-state index < -0.39 is 0 Å².